The summed E-state index contributed by atoms with van der Waals surface area (Å²) in [5.41, 5.74) is 4.23. The minimum atomic E-state index is -0.355. The fourth-order valence-corrected chi connectivity index (χ4v) is 3.22. The van der Waals surface area contributed by atoms with Crippen LogP contribution in [0.2, 0.25) is 0 Å². The number of fused-ring (bicyclic) bond motifs is 1. The molecule has 0 N–H and O–H groups in total. The Morgan fingerprint density at radius 2 is 1.65 bits per heavy atom. The summed E-state index contributed by atoms with van der Waals surface area (Å²) >= 11 is 0. The van der Waals surface area contributed by atoms with Crippen molar-refractivity contribution in [1.29, 1.82) is 0 Å². The van der Waals surface area contributed by atoms with E-state index in [1.807, 2.05) is 36.4 Å². The minimum absolute atomic E-state index is 0.000212. The molecule has 0 aliphatic heterocycles. The van der Waals surface area contributed by atoms with E-state index < -0.39 is 0 Å². The molecule has 136 valence electrons. The third-order valence-electron chi connectivity index (χ3n) is 4.79. The first-order valence-electron chi connectivity index (χ1n) is 9.09. The van der Waals surface area contributed by atoms with E-state index in [-0.39, 0.29) is 31.2 Å². The number of aryl methyl sites for hydroxylation is 2. The average Bonchev–Trinajstić information content (AvgIpc) is 2.70. The van der Waals surface area contributed by atoms with Gasteiger partial charge in [-0.2, -0.15) is 0 Å². The van der Waals surface area contributed by atoms with Gasteiger partial charge in [-0.15, -0.1) is 0 Å². The molecule has 0 atom stereocenters. The molecule has 4 nitrogen and oxygen atoms in total. The molecule has 1 aliphatic carbocycles. The zero-order valence-electron chi connectivity index (χ0n) is 15.1. The Kier molecular flexibility index (Phi) is 6.05. The Morgan fingerprint density at radius 1 is 0.923 bits per heavy atom. The van der Waals surface area contributed by atoms with Crippen molar-refractivity contribution in [1.82, 2.24) is 0 Å². The fraction of sp³-hybridized carbons (Fsp3) is 0.364. The number of hydrogen-bond acceptors (Lipinski definition) is 4. The normalized spacial score (nSPS) is 13.0. The summed E-state index contributed by atoms with van der Waals surface area (Å²) in [5.74, 6) is 0.405. The second-order valence-electron chi connectivity index (χ2n) is 6.62. The predicted octanol–water partition coefficient (Wildman–Crippen LogP) is 4.28. The van der Waals surface area contributed by atoms with E-state index in [0.29, 0.717) is 5.56 Å². The number of Topliss-reactive ketones (excluding diaryl/α,β-unsaturated/α-hetero) is 1. The van der Waals surface area contributed by atoms with Crippen molar-refractivity contribution >= 4 is 11.8 Å². The highest BCUT2D eigenvalue weighted by Crippen LogP contribution is 2.23. The summed E-state index contributed by atoms with van der Waals surface area (Å²) < 4.78 is 10.3. The summed E-state index contributed by atoms with van der Waals surface area (Å²) in [5, 5.41) is 0. The van der Waals surface area contributed by atoms with Crippen LogP contribution >= 0.6 is 0 Å². The highest BCUT2D eigenvalue weighted by atomic mass is 16.5. The summed E-state index contributed by atoms with van der Waals surface area (Å²) in [4.78, 5) is 24.3. The molecule has 2 aromatic carbocycles. The lowest BCUT2D eigenvalue weighted by Gasteiger charge is -2.16. The largest absolute Gasteiger partial charge is 0.497 e. The summed E-state index contributed by atoms with van der Waals surface area (Å²) in [6.45, 7) is 0.204. The lowest BCUT2D eigenvalue weighted by atomic mass is 9.89. The van der Waals surface area contributed by atoms with Crippen LogP contribution < -0.4 is 4.74 Å². The first-order chi connectivity index (χ1) is 12.7. The van der Waals surface area contributed by atoms with Gasteiger partial charge in [-0.05, 0) is 60.6 Å². The van der Waals surface area contributed by atoms with Crippen molar-refractivity contribution in [2.24, 2.45) is 0 Å². The second-order valence-corrected chi connectivity index (χ2v) is 6.62. The third kappa shape index (κ3) is 4.72. The zero-order chi connectivity index (χ0) is 18.4. The van der Waals surface area contributed by atoms with E-state index in [1.165, 1.54) is 24.0 Å². The van der Waals surface area contributed by atoms with E-state index in [1.54, 1.807) is 7.11 Å². The molecule has 0 amide bonds. The molecule has 0 fully saturated rings. The van der Waals surface area contributed by atoms with Crippen LogP contribution in [0.25, 0.3) is 0 Å². The minimum Gasteiger partial charge on any atom is -0.497 e. The lowest BCUT2D eigenvalue weighted by Crippen LogP contribution is -2.10. The van der Waals surface area contributed by atoms with E-state index >= 15 is 0 Å². The topological polar surface area (TPSA) is 52.6 Å². The molecular formula is C22H24O4. The molecule has 0 bridgehead atoms. The number of methoxy groups -OCH3 is 1. The van der Waals surface area contributed by atoms with E-state index in [2.05, 4.69) is 6.07 Å². The van der Waals surface area contributed by atoms with Gasteiger partial charge in [0.2, 0.25) is 0 Å². The number of esters is 1. The summed E-state index contributed by atoms with van der Waals surface area (Å²) in [6, 6.07) is 13.3. The van der Waals surface area contributed by atoms with Crippen molar-refractivity contribution in [3.8, 4) is 5.75 Å². The van der Waals surface area contributed by atoms with Gasteiger partial charge < -0.3 is 9.47 Å². The van der Waals surface area contributed by atoms with Gasteiger partial charge >= 0.3 is 5.97 Å². The van der Waals surface area contributed by atoms with Gasteiger partial charge in [0.25, 0.3) is 0 Å². The molecule has 3 rings (SSSR count). The van der Waals surface area contributed by atoms with Gasteiger partial charge in [0.15, 0.2) is 5.78 Å². The Labute approximate surface area is 154 Å². The number of ketones is 1. The smallest absolute Gasteiger partial charge is 0.306 e. The van der Waals surface area contributed by atoms with Gasteiger partial charge in [0, 0.05) is 12.0 Å². The Balaban J connectivity index is 1.47. The molecule has 4 heteroatoms. The summed E-state index contributed by atoms with van der Waals surface area (Å²) in [6.07, 6.45) is 4.83. The van der Waals surface area contributed by atoms with Crippen LogP contribution in [-0.2, 0) is 29.0 Å². The van der Waals surface area contributed by atoms with Crippen LogP contribution in [0.5, 0.6) is 5.75 Å². The van der Waals surface area contributed by atoms with Crippen molar-refractivity contribution in [2.45, 2.75) is 45.1 Å². The van der Waals surface area contributed by atoms with Crippen molar-refractivity contribution in [3.63, 3.8) is 0 Å². The third-order valence-corrected chi connectivity index (χ3v) is 4.79. The van der Waals surface area contributed by atoms with Gasteiger partial charge in [-0.3, -0.25) is 9.59 Å². The molecule has 0 saturated heterocycles. The van der Waals surface area contributed by atoms with Crippen LogP contribution in [0.4, 0.5) is 0 Å². The average molecular weight is 352 g/mol. The maximum atomic E-state index is 12.4. The van der Waals surface area contributed by atoms with Gasteiger partial charge in [0.1, 0.15) is 12.4 Å². The van der Waals surface area contributed by atoms with Crippen LogP contribution in [0.15, 0.2) is 42.5 Å². The molecule has 0 spiro atoms. The Morgan fingerprint density at radius 3 is 2.38 bits per heavy atom. The van der Waals surface area contributed by atoms with Crippen molar-refractivity contribution < 1.29 is 19.1 Å². The van der Waals surface area contributed by atoms with Gasteiger partial charge in [0.05, 0.1) is 13.5 Å². The Bertz CT molecular complexity index is 777. The maximum Gasteiger partial charge on any atom is 0.306 e. The van der Waals surface area contributed by atoms with E-state index in [9.17, 15) is 9.59 Å². The Hall–Kier alpha value is -2.62. The van der Waals surface area contributed by atoms with Crippen LogP contribution in [0.1, 0.15) is 52.7 Å². The van der Waals surface area contributed by atoms with Crippen LogP contribution in [-0.4, -0.2) is 18.9 Å². The molecule has 1 aliphatic rings. The number of carbonyl (C=O) groups is 2. The van der Waals surface area contributed by atoms with Crippen molar-refractivity contribution in [3.05, 3.63) is 64.7 Å². The number of carbonyl (C=O) groups excluding carboxylic acids is 2. The SMILES string of the molecule is COc1ccc(COC(=O)CCC(=O)c2ccc3c(c2)CCCC3)cc1. The predicted molar refractivity (Wildman–Crippen MR) is 99.4 cm³/mol. The maximum absolute atomic E-state index is 12.4. The standard InChI is InChI=1S/C22H24O4/c1-25-20-10-6-16(7-11-20)15-26-22(24)13-12-21(23)19-9-8-17-4-2-3-5-18(17)14-19/h6-11,14H,2-5,12-13,15H2,1H3. The highest BCUT2D eigenvalue weighted by Gasteiger charge is 2.14. The van der Waals surface area contributed by atoms with Crippen molar-refractivity contribution in [2.75, 3.05) is 7.11 Å². The molecule has 0 aromatic heterocycles. The fourth-order valence-electron chi connectivity index (χ4n) is 3.22. The molecule has 0 radical (unpaired) electrons. The van der Waals surface area contributed by atoms with Crippen LogP contribution in [0.3, 0.4) is 0 Å². The van der Waals surface area contributed by atoms with Gasteiger partial charge in [-0.25, -0.2) is 0 Å². The quantitative estimate of drug-likeness (QED) is 0.551. The molecule has 0 unspecified atom stereocenters. The first-order valence-corrected chi connectivity index (χ1v) is 9.09. The molecule has 0 saturated carbocycles. The molecular weight excluding hydrogens is 328 g/mol. The molecule has 26 heavy (non-hydrogen) atoms. The second kappa shape index (κ2) is 8.65. The summed E-state index contributed by atoms with van der Waals surface area (Å²) in [7, 11) is 1.61. The molecule has 0 heterocycles. The number of benzene rings is 2. The van der Waals surface area contributed by atoms with Gasteiger partial charge in [-0.1, -0.05) is 24.3 Å². The monoisotopic (exact) mass is 352 g/mol. The van der Waals surface area contributed by atoms with E-state index in [0.717, 1.165) is 24.2 Å². The number of ether oxygens (including phenoxy) is 2. The zero-order valence-corrected chi connectivity index (χ0v) is 15.1. The van der Waals surface area contributed by atoms with Crippen LogP contribution in [0, 0.1) is 0 Å². The first kappa shape index (κ1) is 18.2. The molecule has 2 aromatic rings. The highest BCUT2D eigenvalue weighted by molar-refractivity contribution is 5.97. The number of rotatable bonds is 7. The lowest BCUT2D eigenvalue weighted by molar-refractivity contribution is -0.144. The van der Waals surface area contributed by atoms with E-state index in [4.69, 9.17) is 9.47 Å². The number of hydrogen-bond donors (Lipinski definition) is 0.